The maximum atomic E-state index is 12.3. The molecule has 2 aromatic rings. The Morgan fingerprint density at radius 2 is 1.54 bits per heavy atom. The summed E-state index contributed by atoms with van der Waals surface area (Å²) in [6, 6.07) is 18.3. The van der Waals surface area contributed by atoms with E-state index in [0.29, 0.717) is 10.9 Å². The van der Waals surface area contributed by atoms with E-state index in [1.807, 2.05) is 18.2 Å². The van der Waals surface area contributed by atoms with Gasteiger partial charge in [-0.3, -0.25) is 4.90 Å². The van der Waals surface area contributed by atoms with Gasteiger partial charge in [-0.2, -0.15) is 0 Å². The van der Waals surface area contributed by atoms with E-state index in [4.69, 9.17) is 0 Å². The summed E-state index contributed by atoms with van der Waals surface area (Å²) in [6.45, 7) is 1.67. The predicted molar refractivity (Wildman–Crippen MR) is 96.0 cm³/mol. The maximum Gasteiger partial charge on any atom is 0.242 e. The molecule has 1 aliphatic rings. The van der Waals surface area contributed by atoms with Crippen LogP contribution < -0.4 is 0 Å². The molecule has 0 unspecified atom stereocenters. The van der Waals surface area contributed by atoms with Gasteiger partial charge in [0.25, 0.3) is 0 Å². The Balaban J connectivity index is 1.78. The summed E-state index contributed by atoms with van der Waals surface area (Å²) in [5, 5.41) is 0. The Morgan fingerprint density at radius 3 is 2.17 bits per heavy atom. The monoisotopic (exact) mass is 344 g/mol. The fourth-order valence-corrected chi connectivity index (χ4v) is 3.79. The van der Waals surface area contributed by atoms with Crippen LogP contribution in [0, 0.1) is 0 Å². The first-order chi connectivity index (χ1) is 11.5. The second-order valence-corrected chi connectivity index (χ2v) is 8.71. The summed E-state index contributed by atoms with van der Waals surface area (Å²) in [5.41, 5.74) is 2.34. The normalized spacial score (nSPS) is 15.2. The molecule has 0 aromatic heterocycles. The highest BCUT2D eigenvalue weighted by Crippen LogP contribution is 2.30. The molecule has 0 N–H and O–H groups in total. The summed E-state index contributed by atoms with van der Waals surface area (Å²) < 4.78 is 25.9. The van der Waals surface area contributed by atoms with Crippen LogP contribution in [0.15, 0.2) is 59.5 Å². The van der Waals surface area contributed by atoms with Crippen molar-refractivity contribution in [1.82, 2.24) is 9.21 Å². The lowest BCUT2D eigenvalue weighted by atomic mass is 10.1. The van der Waals surface area contributed by atoms with E-state index in [2.05, 4.69) is 29.2 Å². The fourth-order valence-electron chi connectivity index (χ4n) is 2.82. The highest BCUT2D eigenvalue weighted by Gasteiger charge is 2.29. The standard InChI is InChI=1S/C19H24N2O2S/c1-20(2)24(22,23)19-10-6-9-17(13-19)15-21(18-11-12-18)14-16-7-4-3-5-8-16/h3-10,13,18H,11-12,14-15H2,1-2H3. The number of nitrogens with zero attached hydrogens (tertiary/aromatic N) is 2. The number of rotatable bonds is 7. The summed E-state index contributed by atoms with van der Waals surface area (Å²) in [6.07, 6.45) is 2.45. The van der Waals surface area contributed by atoms with Gasteiger partial charge in [0, 0.05) is 33.2 Å². The van der Waals surface area contributed by atoms with Crippen LogP contribution in [0.4, 0.5) is 0 Å². The maximum absolute atomic E-state index is 12.3. The summed E-state index contributed by atoms with van der Waals surface area (Å²) in [7, 11) is -0.257. The minimum atomic E-state index is -3.38. The molecule has 24 heavy (non-hydrogen) atoms. The predicted octanol–water partition coefficient (Wildman–Crippen LogP) is 3.10. The quantitative estimate of drug-likeness (QED) is 0.775. The van der Waals surface area contributed by atoms with Crippen LogP contribution in [-0.4, -0.2) is 37.8 Å². The second kappa shape index (κ2) is 7.05. The van der Waals surface area contributed by atoms with Crippen LogP contribution in [0.25, 0.3) is 0 Å². The van der Waals surface area contributed by atoms with Crippen molar-refractivity contribution in [1.29, 1.82) is 0 Å². The van der Waals surface area contributed by atoms with E-state index >= 15 is 0 Å². The molecular formula is C19H24N2O2S. The Morgan fingerprint density at radius 1 is 0.917 bits per heavy atom. The van der Waals surface area contributed by atoms with Crippen molar-refractivity contribution in [2.75, 3.05) is 14.1 Å². The van der Waals surface area contributed by atoms with Crippen LogP contribution >= 0.6 is 0 Å². The van der Waals surface area contributed by atoms with Gasteiger partial charge in [0.05, 0.1) is 4.90 Å². The van der Waals surface area contributed by atoms with Crippen LogP contribution in [0.5, 0.6) is 0 Å². The molecule has 3 rings (SSSR count). The van der Waals surface area contributed by atoms with Gasteiger partial charge in [-0.05, 0) is 36.1 Å². The van der Waals surface area contributed by atoms with Crippen molar-refractivity contribution < 1.29 is 8.42 Å². The highest BCUT2D eigenvalue weighted by molar-refractivity contribution is 7.89. The Labute approximate surface area is 144 Å². The largest absolute Gasteiger partial charge is 0.292 e. The summed E-state index contributed by atoms with van der Waals surface area (Å²) in [4.78, 5) is 2.80. The third-order valence-corrected chi connectivity index (χ3v) is 6.17. The fraction of sp³-hybridized carbons (Fsp3) is 0.368. The van der Waals surface area contributed by atoms with E-state index in [-0.39, 0.29) is 0 Å². The first-order valence-corrected chi connectivity index (χ1v) is 9.70. The van der Waals surface area contributed by atoms with Gasteiger partial charge in [0.15, 0.2) is 0 Å². The minimum Gasteiger partial charge on any atom is -0.292 e. The molecule has 128 valence electrons. The van der Waals surface area contributed by atoms with E-state index in [1.165, 1.54) is 22.7 Å². The average Bonchev–Trinajstić information content (AvgIpc) is 3.40. The second-order valence-electron chi connectivity index (χ2n) is 6.56. The van der Waals surface area contributed by atoms with E-state index in [9.17, 15) is 8.42 Å². The zero-order valence-electron chi connectivity index (χ0n) is 14.2. The Kier molecular flexibility index (Phi) is 5.04. The Bertz CT molecular complexity index is 784. The molecule has 0 bridgehead atoms. The SMILES string of the molecule is CN(C)S(=O)(=O)c1cccc(CN(Cc2ccccc2)C2CC2)c1. The van der Waals surface area contributed by atoms with Crippen molar-refractivity contribution in [3.8, 4) is 0 Å². The summed E-state index contributed by atoms with van der Waals surface area (Å²) in [5.74, 6) is 0. The number of hydrogen-bond donors (Lipinski definition) is 0. The molecule has 0 atom stereocenters. The van der Waals surface area contributed by atoms with Gasteiger partial charge in [-0.25, -0.2) is 12.7 Å². The minimum absolute atomic E-state index is 0.362. The first-order valence-electron chi connectivity index (χ1n) is 8.26. The highest BCUT2D eigenvalue weighted by atomic mass is 32.2. The first kappa shape index (κ1) is 17.1. The summed E-state index contributed by atoms with van der Waals surface area (Å²) >= 11 is 0. The van der Waals surface area contributed by atoms with Crippen molar-refractivity contribution in [3.63, 3.8) is 0 Å². The van der Waals surface area contributed by atoms with Gasteiger partial charge < -0.3 is 0 Å². The van der Waals surface area contributed by atoms with Crippen LogP contribution in [-0.2, 0) is 23.1 Å². The lowest BCUT2D eigenvalue weighted by Gasteiger charge is -2.22. The molecule has 2 aromatic carbocycles. The van der Waals surface area contributed by atoms with Crippen molar-refractivity contribution in [2.45, 2.75) is 36.9 Å². The lowest BCUT2D eigenvalue weighted by Crippen LogP contribution is -2.25. The van der Waals surface area contributed by atoms with Crippen LogP contribution in [0.1, 0.15) is 24.0 Å². The van der Waals surface area contributed by atoms with E-state index < -0.39 is 10.0 Å². The van der Waals surface area contributed by atoms with Gasteiger partial charge in [0.2, 0.25) is 10.0 Å². The molecule has 0 amide bonds. The molecule has 1 fully saturated rings. The molecule has 1 saturated carbocycles. The number of hydrogen-bond acceptors (Lipinski definition) is 3. The molecule has 0 radical (unpaired) electrons. The average molecular weight is 344 g/mol. The molecule has 0 heterocycles. The molecule has 4 nitrogen and oxygen atoms in total. The molecular weight excluding hydrogens is 320 g/mol. The van der Waals surface area contributed by atoms with Crippen molar-refractivity contribution in [2.24, 2.45) is 0 Å². The van der Waals surface area contributed by atoms with Gasteiger partial charge in [-0.1, -0.05) is 42.5 Å². The van der Waals surface area contributed by atoms with Gasteiger partial charge in [0.1, 0.15) is 0 Å². The van der Waals surface area contributed by atoms with Crippen molar-refractivity contribution in [3.05, 3.63) is 65.7 Å². The topological polar surface area (TPSA) is 40.6 Å². The van der Waals surface area contributed by atoms with Crippen LogP contribution in [0.3, 0.4) is 0 Å². The molecule has 0 spiro atoms. The van der Waals surface area contributed by atoms with Gasteiger partial charge >= 0.3 is 0 Å². The lowest BCUT2D eigenvalue weighted by molar-refractivity contribution is 0.245. The van der Waals surface area contributed by atoms with E-state index in [1.54, 1.807) is 26.2 Å². The van der Waals surface area contributed by atoms with Crippen LogP contribution in [0.2, 0.25) is 0 Å². The Hall–Kier alpha value is -1.69. The zero-order chi connectivity index (χ0) is 17.2. The zero-order valence-corrected chi connectivity index (χ0v) is 15.0. The molecule has 1 aliphatic carbocycles. The number of benzene rings is 2. The third-order valence-electron chi connectivity index (χ3n) is 4.35. The molecule has 0 saturated heterocycles. The van der Waals surface area contributed by atoms with E-state index in [0.717, 1.165) is 18.7 Å². The molecule has 0 aliphatic heterocycles. The smallest absolute Gasteiger partial charge is 0.242 e. The van der Waals surface area contributed by atoms with Crippen molar-refractivity contribution >= 4 is 10.0 Å². The molecule has 5 heteroatoms. The number of sulfonamides is 1. The van der Waals surface area contributed by atoms with Gasteiger partial charge in [-0.15, -0.1) is 0 Å². The third kappa shape index (κ3) is 4.04.